The molecular formula is C21H22FN8O5P. The number of fused-ring (bicyclic) bond motifs is 2. The fourth-order valence-corrected chi connectivity index (χ4v) is 4.33. The fourth-order valence-electron chi connectivity index (χ4n) is 4.33. The Morgan fingerprint density at radius 3 is 2.86 bits per heavy atom. The normalized spacial score (nSPS) is 16.9. The molecule has 1 aliphatic rings. The number of anilines is 1. The van der Waals surface area contributed by atoms with Crippen molar-refractivity contribution in [2.75, 3.05) is 24.7 Å². The fraction of sp³-hybridized carbons (Fsp3) is 0.286. The number of halogens is 1. The van der Waals surface area contributed by atoms with Crippen molar-refractivity contribution in [1.29, 1.82) is 0 Å². The van der Waals surface area contributed by atoms with Crippen LogP contribution in [0.1, 0.15) is 12.5 Å². The number of aromatic amines is 1. The van der Waals surface area contributed by atoms with E-state index in [4.69, 9.17) is 23.7 Å². The number of hydrogen-bond acceptors (Lipinski definition) is 8. The second kappa shape index (κ2) is 9.74. The molecule has 13 nitrogen and oxygen atoms in total. The first-order valence-electron chi connectivity index (χ1n) is 10.9. The number of hydrogen-bond donors (Lipinski definition) is 4. The number of phosphoric acid groups is 1. The van der Waals surface area contributed by atoms with Gasteiger partial charge in [0.2, 0.25) is 5.71 Å². The molecule has 0 radical (unpaired) electrons. The molecule has 0 spiro atoms. The van der Waals surface area contributed by atoms with E-state index in [9.17, 15) is 4.39 Å². The molecule has 188 valence electrons. The van der Waals surface area contributed by atoms with Gasteiger partial charge in [0, 0.05) is 48.5 Å². The zero-order valence-electron chi connectivity index (χ0n) is 18.7. The highest BCUT2D eigenvalue weighted by atomic mass is 31.2. The summed E-state index contributed by atoms with van der Waals surface area (Å²) in [6.07, 6.45) is 9.44. The third-order valence-corrected chi connectivity index (χ3v) is 5.92. The van der Waals surface area contributed by atoms with Crippen LogP contribution in [-0.2, 0) is 4.57 Å². The van der Waals surface area contributed by atoms with Crippen LogP contribution < -0.4 is 4.90 Å². The number of pyridine rings is 1. The van der Waals surface area contributed by atoms with Gasteiger partial charge in [0.25, 0.3) is 6.01 Å². The van der Waals surface area contributed by atoms with E-state index in [1.165, 1.54) is 6.33 Å². The smallest absolute Gasteiger partial charge is 0.404 e. The molecule has 1 fully saturated rings. The van der Waals surface area contributed by atoms with Crippen LogP contribution in [0.3, 0.4) is 0 Å². The van der Waals surface area contributed by atoms with Gasteiger partial charge in [0.1, 0.15) is 24.2 Å². The highest BCUT2D eigenvalue weighted by molar-refractivity contribution is 7.45. The summed E-state index contributed by atoms with van der Waals surface area (Å²) in [7, 11) is -4.64. The molecule has 0 saturated carbocycles. The van der Waals surface area contributed by atoms with Crippen LogP contribution >= 0.6 is 7.82 Å². The molecule has 5 aromatic rings. The Labute approximate surface area is 202 Å². The van der Waals surface area contributed by atoms with Crippen molar-refractivity contribution >= 4 is 36.1 Å². The zero-order valence-corrected chi connectivity index (χ0v) is 19.6. The Hall–Kier alpha value is -3.71. The van der Waals surface area contributed by atoms with Gasteiger partial charge in [0.15, 0.2) is 0 Å². The van der Waals surface area contributed by atoms with Crippen molar-refractivity contribution in [2.45, 2.75) is 12.5 Å². The predicted octanol–water partition coefficient (Wildman–Crippen LogP) is 2.47. The zero-order chi connectivity index (χ0) is 25.3. The lowest BCUT2D eigenvalue weighted by atomic mass is 10.0. The minimum atomic E-state index is -4.64. The highest BCUT2D eigenvalue weighted by Crippen LogP contribution is 2.33. The molecular weight excluding hydrogens is 494 g/mol. The Balaban J connectivity index is 0.000000489. The minimum Gasteiger partial charge on any atom is -0.404 e. The number of H-pyrrole nitrogens is 1. The third kappa shape index (κ3) is 5.11. The van der Waals surface area contributed by atoms with E-state index >= 15 is 0 Å². The van der Waals surface area contributed by atoms with Gasteiger partial charge in [-0.05, 0) is 24.6 Å². The van der Waals surface area contributed by atoms with E-state index in [2.05, 4.69) is 30.0 Å². The highest BCUT2D eigenvalue weighted by Gasteiger charge is 2.33. The van der Waals surface area contributed by atoms with Crippen LogP contribution in [0, 0.1) is 5.92 Å². The molecule has 0 aromatic carbocycles. The molecule has 1 unspecified atom stereocenters. The van der Waals surface area contributed by atoms with Gasteiger partial charge >= 0.3 is 7.82 Å². The number of rotatable bonds is 5. The van der Waals surface area contributed by atoms with E-state index in [0.717, 1.165) is 40.8 Å². The summed E-state index contributed by atoms with van der Waals surface area (Å²) in [4.78, 5) is 44.0. The van der Waals surface area contributed by atoms with E-state index in [0.29, 0.717) is 18.3 Å². The quantitative estimate of drug-likeness (QED) is 0.252. The van der Waals surface area contributed by atoms with Gasteiger partial charge < -0.3 is 29.0 Å². The summed E-state index contributed by atoms with van der Waals surface area (Å²) in [5, 5.41) is 5.38. The van der Waals surface area contributed by atoms with Gasteiger partial charge in [-0.2, -0.15) is 10.1 Å². The summed E-state index contributed by atoms with van der Waals surface area (Å²) in [6, 6.07) is 5.79. The topological polar surface area (TPSA) is 179 Å². The molecule has 15 heteroatoms. The summed E-state index contributed by atoms with van der Waals surface area (Å²) in [5.74, 6) is 0.0819. The molecule has 0 bridgehead atoms. The lowest BCUT2D eigenvalue weighted by Gasteiger charge is -2.21. The molecule has 0 amide bonds. The molecule has 2 atom stereocenters. The van der Waals surface area contributed by atoms with Crippen molar-refractivity contribution < 1.29 is 28.1 Å². The Bertz CT molecular complexity index is 1490. The molecule has 0 aliphatic carbocycles. The van der Waals surface area contributed by atoms with Crippen LogP contribution in [0.15, 0.2) is 53.7 Å². The minimum absolute atomic E-state index is 0.0819. The molecule has 5 aromatic heterocycles. The molecule has 4 N–H and O–H groups in total. The van der Waals surface area contributed by atoms with Gasteiger partial charge in [-0.3, -0.25) is 4.68 Å². The average molecular weight is 516 g/mol. The summed E-state index contributed by atoms with van der Waals surface area (Å²) < 4.78 is 30.5. The first-order chi connectivity index (χ1) is 17.3. The maximum absolute atomic E-state index is 14.1. The molecule has 36 heavy (non-hydrogen) atoms. The molecule has 6 rings (SSSR count). The van der Waals surface area contributed by atoms with E-state index in [1.807, 2.05) is 35.5 Å². The second-order valence-electron chi connectivity index (χ2n) is 8.23. The number of nitrogens with zero attached hydrogens (tertiary/aromatic N) is 7. The van der Waals surface area contributed by atoms with Gasteiger partial charge in [-0.1, -0.05) is 0 Å². The van der Waals surface area contributed by atoms with Gasteiger partial charge in [0.05, 0.1) is 17.9 Å². The van der Waals surface area contributed by atoms with Crippen molar-refractivity contribution in [3.8, 4) is 11.3 Å². The number of nitrogens with one attached hydrogen (secondary N) is 1. The number of oxazole rings is 1. The summed E-state index contributed by atoms with van der Waals surface area (Å²) in [6.45, 7) is 0.891. The standard InChI is InChI=1S/C21H19FN8O.H3O4P/c22-8-17(13-4-7-29(10-13)21-28-16-2-1-5-24-20(16)31-21)30-11-14(9-27-30)18-15-3-6-23-19(15)26-12-25-18;1-5(2,3)4/h1-3,5-6,9,11-13,17H,4,7-8,10H2,(H,23,25,26);(H3,1,2,3,4)/t13-,17?;/m0./s1. The Kier molecular flexibility index (Phi) is 6.49. The maximum atomic E-state index is 14.1. The molecule has 1 saturated heterocycles. The largest absolute Gasteiger partial charge is 0.466 e. The number of alkyl halides is 1. The SMILES string of the molecule is FCC([C@H]1CCN(c2nc3cccnc3o2)C1)n1cc(-c2ncnc3[nH]ccc23)cn1.O=P(O)(O)O. The monoisotopic (exact) mass is 516 g/mol. The van der Waals surface area contributed by atoms with Crippen molar-refractivity contribution in [1.82, 2.24) is 34.7 Å². The summed E-state index contributed by atoms with van der Waals surface area (Å²) >= 11 is 0. The van der Waals surface area contributed by atoms with Crippen LogP contribution in [0.2, 0.25) is 0 Å². The molecule has 1 aliphatic heterocycles. The van der Waals surface area contributed by atoms with Gasteiger partial charge in [-0.15, -0.1) is 0 Å². The van der Waals surface area contributed by atoms with Crippen molar-refractivity contribution in [3.05, 3.63) is 49.3 Å². The Morgan fingerprint density at radius 2 is 2.08 bits per heavy atom. The van der Waals surface area contributed by atoms with E-state index in [1.54, 1.807) is 17.1 Å². The van der Waals surface area contributed by atoms with Crippen LogP contribution in [0.4, 0.5) is 10.4 Å². The molecule has 6 heterocycles. The lowest BCUT2D eigenvalue weighted by Crippen LogP contribution is -2.26. The third-order valence-electron chi connectivity index (χ3n) is 5.92. The summed E-state index contributed by atoms with van der Waals surface area (Å²) in [5.41, 5.74) is 3.62. The number of aromatic nitrogens is 7. The second-order valence-corrected chi connectivity index (χ2v) is 9.25. The first-order valence-corrected chi connectivity index (χ1v) is 12.5. The van der Waals surface area contributed by atoms with E-state index in [-0.39, 0.29) is 12.0 Å². The predicted molar refractivity (Wildman–Crippen MR) is 127 cm³/mol. The van der Waals surface area contributed by atoms with Crippen LogP contribution in [-0.4, -0.2) is 69.1 Å². The first kappa shape index (κ1) is 24.0. The lowest BCUT2D eigenvalue weighted by molar-refractivity contribution is 0.256. The van der Waals surface area contributed by atoms with Gasteiger partial charge in [-0.25, -0.2) is 23.9 Å². The Morgan fingerprint density at radius 1 is 1.25 bits per heavy atom. The van der Waals surface area contributed by atoms with Crippen LogP contribution in [0.25, 0.3) is 33.5 Å². The van der Waals surface area contributed by atoms with Crippen LogP contribution in [0.5, 0.6) is 0 Å². The van der Waals surface area contributed by atoms with E-state index < -0.39 is 14.5 Å². The van der Waals surface area contributed by atoms with Crippen molar-refractivity contribution in [2.24, 2.45) is 5.92 Å². The average Bonchev–Trinajstić information content (AvgIpc) is 3.64. The maximum Gasteiger partial charge on any atom is 0.466 e. The van der Waals surface area contributed by atoms with Crippen molar-refractivity contribution in [3.63, 3.8) is 0 Å².